The minimum atomic E-state index is 0.481. The molecule has 1 saturated heterocycles. The summed E-state index contributed by atoms with van der Waals surface area (Å²) in [4.78, 5) is 2.50. The summed E-state index contributed by atoms with van der Waals surface area (Å²) in [6, 6.07) is 9.29. The number of rotatable bonds is 3. The van der Waals surface area contributed by atoms with Crippen molar-refractivity contribution in [2.75, 3.05) is 18.8 Å². The summed E-state index contributed by atoms with van der Waals surface area (Å²) in [7, 11) is 0. The highest BCUT2D eigenvalue weighted by molar-refractivity contribution is 7.98. The van der Waals surface area contributed by atoms with Crippen LogP contribution < -0.4 is 0 Å². The van der Waals surface area contributed by atoms with E-state index in [1.54, 1.807) is 11.9 Å². The Balaban J connectivity index is 1.67. The summed E-state index contributed by atoms with van der Waals surface area (Å²) in [5, 5.41) is 1.37. The van der Waals surface area contributed by atoms with Crippen molar-refractivity contribution in [1.29, 1.82) is 0 Å². The van der Waals surface area contributed by atoms with Gasteiger partial charge in [0, 0.05) is 43.0 Å². The molecule has 3 heterocycles. The van der Waals surface area contributed by atoms with E-state index < -0.39 is 0 Å². The van der Waals surface area contributed by atoms with E-state index in [4.69, 9.17) is 4.40 Å². The Labute approximate surface area is 142 Å². The van der Waals surface area contributed by atoms with Crippen molar-refractivity contribution in [3.05, 3.63) is 36.0 Å². The zero-order chi connectivity index (χ0) is 15.8. The number of benzene rings is 1. The zero-order valence-corrected chi connectivity index (χ0v) is 14.9. The Kier molecular flexibility index (Phi) is 4.10. The fourth-order valence-corrected chi connectivity index (χ4v) is 4.63. The van der Waals surface area contributed by atoms with Crippen LogP contribution in [0.2, 0.25) is 0 Å². The van der Waals surface area contributed by atoms with Crippen LogP contribution in [0, 0.1) is 5.92 Å². The monoisotopic (exact) mass is 327 g/mol. The predicted octanol–water partition coefficient (Wildman–Crippen LogP) is 4.54. The molecule has 0 aliphatic carbocycles. The molecule has 1 aromatic carbocycles. The molecule has 0 bridgehead atoms. The van der Waals surface area contributed by atoms with Crippen LogP contribution in [-0.4, -0.2) is 34.1 Å². The fourth-order valence-electron chi connectivity index (χ4n) is 3.86. The lowest BCUT2D eigenvalue weighted by Gasteiger charge is -2.37. The molecule has 0 amide bonds. The molecule has 1 atom stereocenters. The van der Waals surface area contributed by atoms with E-state index in [0.29, 0.717) is 11.8 Å². The van der Waals surface area contributed by atoms with Crippen LogP contribution in [0.4, 0.5) is 0 Å². The molecule has 2 aromatic rings. The zero-order valence-electron chi connectivity index (χ0n) is 14.0. The van der Waals surface area contributed by atoms with Crippen LogP contribution in [0.1, 0.15) is 38.2 Å². The molecule has 2 aliphatic heterocycles. The second kappa shape index (κ2) is 6.23. The lowest BCUT2D eigenvalue weighted by molar-refractivity contribution is 0.371. The van der Waals surface area contributed by atoms with Gasteiger partial charge in [0.2, 0.25) is 0 Å². The lowest BCUT2D eigenvalue weighted by atomic mass is 9.88. The maximum Gasteiger partial charge on any atom is 0.120 e. The number of nitrogens with zero attached hydrogens (tertiary/aromatic N) is 3. The molecule has 2 aliphatic rings. The number of hydrogen-bond acceptors (Lipinski definition) is 3. The van der Waals surface area contributed by atoms with Gasteiger partial charge in [0.15, 0.2) is 0 Å². The Morgan fingerprint density at radius 1 is 1.26 bits per heavy atom. The average Bonchev–Trinajstić information content (AvgIpc) is 2.96. The minimum Gasteiger partial charge on any atom is -0.358 e. The van der Waals surface area contributed by atoms with Gasteiger partial charge in [-0.3, -0.25) is 0 Å². The Bertz CT molecular complexity index is 731. The van der Waals surface area contributed by atoms with Gasteiger partial charge >= 0.3 is 0 Å². The molecule has 23 heavy (non-hydrogen) atoms. The highest BCUT2D eigenvalue weighted by Crippen LogP contribution is 2.34. The van der Waals surface area contributed by atoms with Gasteiger partial charge in [0.1, 0.15) is 5.84 Å². The minimum absolute atomic E-state index is 0.481. The molecule has 0 spiro atoms. The van der Waals surface area contributed by atoms with Gasteiger partial charge in [-0.05, 0) is 59.9 Å². The van der Waals surface area contributed by atoms with E-state index in [0.717, 1.165) is 18.8 Å². The number of amidine groups is 1. The summed E-state index contributed by atoms with van der Waals surface area (Å²) in [5.41, 5.74) is 2.79. The topological polar surface area (TPSA) is 20.5 Å². The molecular weight excluding hydrogens is 302 g/mol. The Hall–Kier alpha value is -1.42. The maximum absolute atomic E-state index is 4.79. The third-order valence-electron chi connectivity index (χ3n) is 4.93. The first-order valence-corrected chi connectivity index (χ1v) is 9.70. The molecule has 3 nitrogen and oxygen atoms in total. The van der Waals surface area contributed by atoms with Crippen LogP contribution >= 0.6 is 11.9 Å². The van der Waals surface area contributed by atoms with Crippen LogP contribution in [0.25, 0.3) is 10.9 Å². The SMILES string of the molecule is CC(C)Cn1ccc2cc(C3CCCN4CCSN=C34)ccc21. The van der Waals surface area contributed by atoms with E-state index in [9.17, 15) is 0 Å². The first-order valence-electron chi connectivity index (χ1n) is 8.76. The van der Waals surface area contributed by atoms with E-state index in [-0.39, 0.29) is 0 Å². The molecule has 1 aromatic heterocycles. The molecule has 4 heteroatoms. The third-order valence-corrected chi connectivity index (χ3v) is 5.61. The first kappa shape index (κ1) is 15.1. The molecule has 0 radical (unpaired) electrons. The van der Waals surface area contributed by atoms with Crippen molar-refractivity contribution in [3.63, 3.8) is 0 Å². The fraction of sp³-hybridized carbons (Fsp3) is 0.526. The van der Waals surface area contributed by atoms with Crippen LogP contribution in [-0.2, 0) is 6.54 Å². The summed E-state index contributed by atoms with van der Waals surface area (Å²) in [6.07, 6.45) is 4.74. The van der Waals surface area contributed by atoms with E-state index in [1.165, 1.54) is 41.7 Å². The highest BCUT2D eigenvalue weighted by atomic mass is 32.2. The molecular formula is C19H25N3S. The van der Waals surface area contributed by atoms with Crippen molar-refractivity contribution in [1.82, 2.24) is 9.47 Å². The Morgan fingerprint density at radius 2 is 2.17 bits per heavy atom. The normalized spacial score (nSPS) is 21.6. The summed E-state index contributed by atoms with van der Waals surface area (Å²) in [5.74, 6) is 3.60. The first-order chi connectivity index (χ1) is 11.2. The second-order valence-corrected chi connectivity index (χ2v) is 7.99. The number of hydrogen-bond donors (Lipinski definition) is 0. The summed E-state index contributed by atoms with van der Waals surface area (Å²) >= 11 is 1.74. The van der Waals surface area contributed by atoms with Gasteiger partial charge in [-0.15, -0.1) is 0 Å². The molecule has 0 N–H and O–H groups in total. The van der Waals surface area contributed by atoms with Gasteiger partial charge in [0.25, 0.3) is 0 Å². The average molecular weight is 327 g/mol. The van der Waals surface area contributed by atoms with E-state index in [2.05, 4.69) is 53.8 Å². The predicted molar refractivity (Wildman–Crippen MR) is 100 cm³/mol. The van der Waals surface area contributed by atoms with Crippen molar-refractivity contribution < 1.29 is 0 Å². The van der Waals surface area contributed by atoms with Crippen molar-refractivity contribution in [2.24, 2.45) is 10.3 Å². The van der Waals surface area contributed by atoms with Crippen molar-refractivity contribution >= 4 is 28.7 Å². The van der Waals surface area contributed by atoms with Gasteiger partial charge < -0.3 is 9.47 Å². The third kappa shape index (κ3) is 2.89. The van der Waals surface area contributed by atoms with Crippen LogP contribution in [0.5, 0.6) is 0 Å². The summed E-state index contributed by atoms with van der Waals surface area (Å²) < 4.78 is 7.17. The molecule has 1 unspecified atom stereocenters. The maximum atomic E-state index is 4.79. The van der Waals surface area contributed by atoms with E-state index in [1.807, 2.05) is 0 Å². The van der Waals surface area contributed by atoms with Crippen molar-refractivity contribution in [2.45, 2.75) is 39.2 Å². The van der Waals surface area contributed by atoms with Gasteiger partial charge in [-0.2, -0.15) is 0 Å². The quantitative estimate of drug-likeness (QED) is 0.772. The molecule has 1 fully saturated rings. The number of fused-ring (bicyclic) bond motifs is 2. The largest absolute Gasteiger partial charge is 0.358 e. The number of aromatic nitrogens is 1. The Morgan fingerprint density at radius 3 is 3.04 bits per heavy atom. The van der Waals surface area contributed by atoms with Crippen molar-refractivity contribution in [3.8, 4) is 0 Å². The lowest BCUT2D eigenvalue weighted by Crippen LogP contribution is -2.42. The van der Waals surface area contributed by atoms with Crippen LogP contribution in [0.3, 0.4) is 0 Å². The molecule has 122 valence electrons. The number of piperidine rings is 1. The van der Waals surface area contributed by atoms with E-state index >= 15 is 0 Å². The van der Waals surface area contributed by atoms with Gasteiger partial charge in [-0.1, -0.05) is 19.9 Å². The highest BCUT2D eigenvalue weighted by Gasteiger charge is 2.29. The van der Waals surface area contributed by atoms with Crippen LogP contribution in [0.15, 0.2) is 34.9 Å². The molecule has 0 saturated carbocycles. The molecule has 4 rings (SSSR count). The summed E-state index contributed by atoms with van der Waals surface area (Å²) in [6.45, 7) is 7.98. The smallest absolute Gasteiger partial charge is 0.120 e. The van der Waals surface area contributed by atoms with Gasteiger partial charge in [-0.25, -0.2) is 4.40 Å². The van der Waals surface area contributed by atoms with Gasteiger partial charge in [0.05, 0.1) is 0 Å². The second-order valence-electron chi connectivity index (χ2n) is 7.14. The standard InChI is InChI=1S/C19H25N3S/c1-14(2)13-22-9-7-16-12-15(5-6-18(16)22)17-4-3-8-21-10-11-23-20-19(17)21/h5-7,9,12,14,17H,3-4,8,10-11,13H2,1-2H3.